The molecular weight excluding hydrogens is 326 g/mol. The number of benzene rings is 1. The Morgan fingerprint density at radius 3 is 2.35 bits per heavy atom. The lowest BCUT2D eigenvalue weighted by Crippen LogP contribution is -1.92. The van der Waals surface area contributed by atoms with Crippen molar-refractivity contribution in [1.82, 2.24) is 24.9 Å². The third-order valence-electron chi connectivity index (χ3n) is 3.87. The lowest BCUT2D eigenvalue weighted by molar-refractivity contribution is 0.340. The van der Waals surface area contributed by atoms with Crippen molar-refractivity contribution in [2.75, 3.05) is 6.61 Å². The highest BCUT2D eigenvalue weighted by atomic mass is 16.5. The first-order chi connectivity index (χ1) is 12.8. The average molecular weight is 343 g/mol. The molecule has 0 amide bonds. The van der Waals surface area contributed by atoms with Gasteiger partial charge in [0.15, 0.2) is 5.82 Å². The summed E-state index contributed by atoms with van der Waals surface area (Å²) >= 11 is 0. The Morgan fingerprint density at radius 2 is 1.65 bits per heavy atom. The van der Waals surface area contributed by atoms with Gasteiger partial charge in [-0.2, -0.15) is 0 Å². The Hall–Kier alpha value is -3.54. The van der Waals surface area contributed by atoms with E-state index in [0.717, 1.165) is 34.1 Å². The van der Waals surface area contributed by atoms with Crippen LogP contribution in [0.3, 0.4) is 0 Å². The van der Waals surface area contributed by atoms with Crippen LogP contribution in [-0.2, 0) is 0 Å². The Kier molecular flexibility index (Phi) is 4.38. The van der Waals surface area contributed by atoms with E-state index in [1.54, 1.807) is 24.8 Å². The molecule has 6 heteroatoms. The molecule has 0 bridgehead atoms. The molecule has 0 aliphatic heterocycles. The first-order valence-electron chi connectivity index (χ1n) is 8.35. The molecule has 0 unspecified atom stereocenters. The molecule has 1 N–H and O–H groups in total. The molecule has 6 nitrogen and oxygen atoms in total. The molecule has 0 saturated heterocycles. The lowest BCUT2D eigenvalue weighted by Gasteiger charge is -2.03. The predicted molar refractivity (Wildman–Crippen MR) is 99.4 cm³/mol. The molecule has 1 aromatic carbocycles. The van der Waals surface area contributed by atoms with Gasteiger partial charge >= 0.3 is 0 Å². The Balaban J connectivity index is 1.56. The average Bonchev–Trinajstić information content (AvgIpc) is 3.20. The fourth-order valence-electron chi connectivity index (χ4n) is 2.59. The van der Waals surface area contributed by atoms with Crippen LogP contribution in [0.2, 0.25) is 0 Å². The van der Waals surface area contributed by atoms with E-state index in [4.69, 9.17) is 4.74 Å². The van der Waals surface area contributed by atoms with Crippen LogP contribution in [0.25, 0.3) is 34.2 Å². The molecule has 0 fully saturated rings. The van der Waals surface area contributed by atoms with Crippen LogP contribution in [0.4, 0.5) is 0 Å². The van der Waals surface area contributed by atoms with Gasteiger partial charge in [-0.1, -0.05) is 6.07 Å². The van der Waals surface area contributed by atoms with Crippen molar-refractivity contribution in [1.29, 1.82) is 0 Å². The van der Waals surface area contributed by atoms with E-state index in [-0.39, 0.29) is 0 Å². The van der Waals surface area contributed by atoms with Crippen LogP contribution >= 0.6 is 0 Å². The maximum Gasteiger partial charge on any atom is 0.178 e. The number of H-pyrrole nitrogens is 1. The minimum Gasteiger partial charge on any atom is -0.494 e. The molecule has 3 aromatic heterocycles. The van der Waals surface area contributed by atoms with Gasteiger partial charge in [0.1, 0.15) is 17.3 Å². The number of imidazole rings is 1. The summed E-state index contributed by atoms with van der Waals surface area (Å²) < 4.78 is 5.47. The van der Waals surface area contributed by atoms with Crippen LogP contribution in [0, 0.1) is 0 Å². The number of hydrogen-bond donors (Lipinski definition) is 1. The smallest absolute Gasteiger partial charge is 0.178 e. The van der Waals surface area contributed by atoms with Crippen LogP contribution in [0.15, 0.2) is 67.3 Å². The molecule has 3 heterocycles. The number of hydrogen-bond acceptors (Lipinski definition) is 5. The van der Waals surface area contributed by atoms with Crippen molar-refractivity contribution in [3.63, 3.8) is 0 Å². The zero-order chi connectivity index (χ0) is 17.8. The van der Waals surface area contributed by atoms with E-state index in [9.17, 15) is 0 Å². The fourth-order valence-corrected chi connectivity index (χ4v) is 2.59. The quantitative estimate of drug-likeness (QED) is 0.593. The summed E-state index contributed by atoms with van der Waals surface area (Å²) in [6.07, 6.45) is 7.02. The minimum absolute atomic E-state index is 0.590. The van der Waals surface area contributed by atoms with E-state index >= 15 is 0 Å². The molecule has 4 rings (SSSR count). The van der Waals surface area contributed by atoms with Crippen molar-refractivity contribution in [3.05, 3.63) is 67.3 Å². The topological polar surface area (TPSA) is 76.6 Å². The highest BCUT2D eigenvalue weighted by molar-refractivity contribution is 5.64. The molecule has 0 aliphatic rings. The molecule has 0 spiro atoms. The van der Waals surface area contributed by atoms with E-state index in [2.05, 4.69) is 24.9 Å². The van der Waals surface area contributed by atoms with Crippen molar-refractivity contribution < 1.29 is 4.74 Å². The first-order valence-corrected chi connectivity index (χ1v) is 8.35. The summed E-state index contributed by atoms with van der Waals surface area (Å²) in [5.41, 5.74) is 3.53. The summed E-state index contributed by atoms with van der Waals surface area (Å²) in [6.45, 7) is 2.62. The van der Waals surface area contributed by atoms with Gasteiger partial charge in [0, 0.05) is 18.6 Å². The number of aromatic nitrogens is 5. The Bertz CT molecular complexity index is 979. The second-order valence-corrected chi connectivity index (χ2v) is 5.61. The third-order valence-corrected chi connectivity index (χ3v) is 3.87. The molecule has 4 aromatic rings. The van der Waals surface area contributed by atoms with Gasteiger partial charge in [-0.3, -0.25) is 4.98 Å². The van der Waals surface area contributed by atoms with Crippen LogP contribution < -0.4 is 4.74 Å². The van der Waals surface area contributed by atoms with Crippen molar-refractivity contribution in [3.8, 4) is 39.9 Å². The number of aromatic amines is 1. The molecule has 26 heavy (non-hydrogen) atoms. The van der Waals surface area contributed by atoms with Gasteiger partial charge in [0.05, 0.1) is 24.1 Å². The molecule has 0 atom stereocenters. The van der Waals surface area contributed by atoms with Gasteiger partial charge in [0.2, 0.25) is 0 Å². The summed E-state index contributed by atoms with van der Waals surface area (Å²) in [7, 11) is 0. The predicted octanol–water partition coefficient (Wildman–Crippen LogP) is 3.99. The third kappa shape index (κ3) is 3.30. The highest BCUT2D eigenvalue weighted by Gasteiger charge is 2.08. The zero-order valence-corrected chi connectivity index (χ0v) is 14.3. The fraction of sp³-hybridized carbons (Fsp3) is 0.100. The normalized spacial score (nSPS) is 10.7. The SMILES string of the molecule is CCOc1ccc(-c2cnc(-c3cnc(-c4ccccn4)nc3)[nH]2)cc1. The first kappa shape index (κ1) is 16.0. The second kappa shape index (κ2) is 7.14. The number of rotatable bonds is 5. The second-order valence-electron chi connectivity index (χ2n) is 5.61. The van der Waals surface area contributed by atoms with Crippen LogP contribution in [0.5, 0.6) is 5.75 Å². The monoisotopic (exact) mass is 343 g/mol. The Morgan fingerprint density at radius 1 is 0.846 bits per heavy atom. The van der Waals surface area contributed by atoms with Gasteiger partial charge < -0.3 is 9.72 Å². The standard InChI is InChI=1S/C20H17N5O/c1-2-26-16-8-6-14(7-9-16)18-13-24-19(25-18)15-11-22-20(23-12-15)17-5-3-4-10-21-17/h3-13H,2H2,1H3,(H,24,25). The number of nitrogens with zero attached hydrogens (tertiary/aromatic N) is 4. The van der Waals surface area contributed by atoms with Crippen molar-refractivity contribution in [2.45, 2.75) is 6.92 Å². The summed E-state index contributed by atoms with van der Waals surface area (Å²) in [4.78, 5) is 20.8. The number of nitrogens with one attached hydrogen (secondary N) is 1. The number of pyridine rings is 1. The van der Waals surface area contributed by atoms with Crippen LogP contribution in [-0.4, -0.2) is 31.5 Å². The summed E-state index contributed by atoms with van der Waals surface area (Å²) in [5, 5.41) is 0. The number of ether oxygens (including phenoxy) is 1. The van der Waals surface area contributed by atoms with Crippen LogP contribution in [0.1, 0.15) is 6.92 Å². The highest BCUT2D eigenvalue weighted by Crippen LogP contribution is 2.24. The molecule has 0 aliphatic carbocycles. The Labute approximate surface area is 151 Å². The van der Waals surface area contributed by atoms with E-state index < -0.39 is 0 Å². The maximum absolute atomic E-state index is 5.47. The van der Waals surface area contributed by atoms with Crippen molar-refractivity contribution in [2.24, 2.45) is 0 Å². The van der Waals surface area contributed by atoms with Gasteiger partial charge in [-0.15, -0.1) is 0 Å². The van der Waals surface area contributed by atoms with Gasteiger partial charge in [0.25, 0.3) is 0 Å². The summed E-state index contributed by atoms with van der Waals surface area (Å²) in [6, 6.07) is 13.6. The molecule has 128 valence electrons. The van der Waals surface area contributed by atoms with Gasteiger partial charge in [-0.05, 0) is 48.9 Å². The molecular formula is C20H17N5O. The van der Waals surface area contributed by atoms with E-state index in [1.165, 1.54) is 0 Å². The van der Waals surface area contributed by atoms with Gasteiger partial charge in [-0.25, -0.2) is 15.0 Å². The minimum atomic E-state index is 0.590. The molecule has 0 saturated carbocycles. The summed E-state index contributed by atoms with van der Waals surface area (Å²) in [5.74, 6) is 2.17. The lowest BCUT2D eigenvalue weighted by atomic mass is 10.2. The zero-order valence-electron chi connectivity index (χ0n) is 14.3. The van der Waals surface area contributed by atoms with Crippen molar-refractivity contribution >= 4 is 0 Å². The van der Waals surface area contributed by atoms with E-state index in [1.807, 2.05) is 49.4 Å². The maximum atomic E-state index is 5.47. The largest absolute Gasteiger partial charge is 0.494 e. The van der Waals surface area contributed by atoms with E-state index in [0.29, 0.717) is 12.4 Å². The molecule has 0 radical (unpaired) electrons.